The van der Waals surface area contributed by atoms with E-state index >= 15 is 0 Å². The summed E-state index contributed by atoms with van der Waals surface area (Å²) in [5.74, 6) is 0.511. The lowest BCUT2D eigenvalue weighted by molar-refractivity contribution is 0.124. The van der Waals surface area contributed by atoms with Gasteiger partial charge in [0.15, 0.2) is 0 Å². The van der Waals surface area contributed by atoms with Gasteiger partial charge in [0.2, 0.25) is 0 Å². The predicted molar refractivity (Wildman–Crippen MR) is 46.5 cm³/mol. The summed E-state index contributed by atoms with van der Waals surface area (Å²) in [5.41, 5.74) is 0. The normalized spacial score (nSPS) is 29.7. The Balaban J connectivity index is 2.35. The molecular formula is C9H19NO. The highest BCUT2D eigenvalue weighted by Crippen LogP contribution is 2.20. The van der Waals surface area contributed by atoms with Crippen molar-refractivity contribution in [2.24, 2.45) is 5.92 Å². The third-order valence-corrected chi connectivity index (χ3v) is 2.67. The molecule has 0 aromatic rings. The zero-order chi connectivity index (χ0) is 8.43. The third-order valence-electron chi connectivity index (χ3n) is 2.67. The second-order valence-corrected chi connectivity index (χ2v) is 3.88. The van der Waals surface area contributed by atoms with E-state index in [1.54, 1.807) is 0 Å². The van der Waals surface area contributed by atoms with Crippen molar-refractivity contribution in [1.29, 1.82) is 0 Å². The van der Waals surface area contributed by atoms with Crippen LogP contribution in [-0.2, 0) is 0 Å². The lowest BCUT2D eigenvalue weighted by atomic mass is 10.0. The summed E-state index contributed by atoms with van der Waals surface area (Å²) in [5, 5.41) is 9.33. The van der Waals surface area contributed by atoms with Crippen LogP contribution in [0.3, 0.4) is 0 Å². The van der Waals surface area contributed by atoms with E-state index in [0.717, 1.165) is 19.5 Å². The molecule has 2 unspecified atom stereocenters. The topological polar surface area (TPSA) is 23.5 Å². The van der Waals surface area contributed by atoms with Crippen molar-refractivity contribution in [3.8, 4) is 0 Å². The summed E-state index contributed by atoms with van der Waals surface area (Å²) in [6.45, 7) is 8.56. The molecular weight excluding hydrogens is 138 g/mol. The first-order chi connectivity index (χ1) is 5.11. The highest BCUT2D eigenvalue weighted by molar-refractivity contribution is 4.80. The van der Waals surface area contributed by atoms with Crippen molar-refractivity contribution in [3.05, 3.63) is 0 Å². The molecule has 2 atom stereocenters. The SMILES string of the molecule is CC(O)C1CCN(C(C)C)C1. The van der Waals surface area contributed by atoms with E-state index < -0.39 is 0 Å². The largest absolute Gasteiger partial charge is 0.393 e. The summed E-state index contributed by atoms with van der Waals surface area (Å²) in [6.07, 6.45) is 1.04. The van der Waals surface area contributed by atoms with Crippen LogP contribution < -0.4 is 0 Å². The zero-order valence-corrected chi connectivity index (χ0v) is 7.75. The zero-order valence-electron chi connectivity index (χ0n) is 7.75. The molecule has 0 spiro atoms. The Labute approximate surface area is 69.2 Å². The van der Waals surface area contributed by atoms with E-state index in [2.05, 4.69) is 18.7 Å². The van der Waals surface area contributed by atoms with E-state index in [-0.39, 0.29) is 6.10 Å². The molecule has 1 aliphatic rings. The van der Waals surface area contributed by atoms with Gasteiger partial charge >= 0.3 is 0 Å². The minimum absolute atomic E-state index is 0.126. The Hall–Kier alpha value is -0.0800. The number of hydrogen-bond donors (Lipinski definition) is 1. The molecule has 0 aromatic heterocycles. The minimum atomic E-state index is -0.126. The first-order valence-electron chi connectivity index (χ1n) is 4.53. The average Bonchev–Trinajstić information content (AvgIpc) is 2.33. The van der Waals surface area contributed by atoms with Crippen LogP contribution in [0, 0.1) is 5.92 Å². The molecule has 0 saturated carbocycles. The molecule has 11 heavy (non-hydrogen) atoms. The molecule has 1 fully saturated rings. The minimum Gasteiger partial charge on any atom is -0.393 e. The standard InChI is InChI=1S/C9H19NO/c1-7(2)10-5-4-9(6-10)8(3)11/h7-9,11H,4-6H2,1-3H3. The molecule has 1 heterocycles. The van der Waals surface area contributed by atoms with Gasteiger partial charge in [-0.25, -0.2) is 0 Å². The van der Waals surface area contributed by atoms with Crippen LogP contribution >= 0.6 is 0 Å². The molecule has 2 nitrogen and oxygen atoms in total. The van der Waals surface area contributed by atoms with Gasteiger partial charge in [-0.3, -0.25) is 0 Å². The maximum Gasteiger partial charge on any atom is 0.0552 e. The fourth-order valence-corrected chi connectivity index (χ4v) is 1.68. The highest BCUT2D eigenvalue weighted by Gasteiger charge is 2.26. The molecule has 0 aromatic carbocycles. The van der Waals surface area contributed by atoms with Crippen LogP contribution in [-0.4, -0.2) is 35.2 Å². The van der Waals surface area contributed by atoms with Crippen molar-refractivity contribution < 1.29 is 5.11 Å². The highest BCUT2D eigenvalue weighted by atomic mass is 16.3. The molecule has 0 bridgehead atoms. The maximum atomic E-state index is 9.33. The van der Waals surface area contributed by atoms with Crippen molar-refractivity contribution in [1.82, 2.24) is 4.90 Å². The van der Waals surface area contributed by atoms with Crippen molar-refractivity contribution >= 4 is 0 Å². The van der Waals surface area contributed by atoms with Crippen LogP contribution in [0.5, 0.6) is 0 Å². The van der Waals surface area contributed by atoms with Gasteiger partial charge in [0, 0.05) is 12.6 Å². The molecule has 2 heteroatoms. The van der Waals surface area contributed by atoms with E-state index in [1.807, 2.05) is 6.92 Å². The first-order valence-corrected chi connectivity index (χ1v) is 4.53. The first kappa shape index (κ1) is 9.01. The summed E-state index contributed by atoms with van der Waals surface area (Å²) < 4.78 is 0. The van der Waals surface area contributed by atoms with Crippen molar-refractivity contribution in [3.63, 3.8) is 0 Å². The maximum absolute atomic E-state index is 9.33. The lowest BCUT2D eigenvalue weighted by Gasteiger charge is -2.20. The van der Waals surface area contributed by atoms with E-state index in [0.29, 0.717) is 12.0 Å². The molecule has 66 valence electrons. The molecule has 1 saturated heterocycles. The van der Waals surface area contributed by atoms with Gasteiger partial charge in [-0.1, -0.05) is 0 Å². The Morgan fingerprint density at radius 1 is 1.36 bits per heavy atom. The van der Waals surface area contributed by atoms with Crippen LogP contribution in [0.2, 0.25) is 0 Å². The third kappa shape index (κ3) is 2.17. The summed E-state index contributed by atoms with van der Waals surface area (Å²) in [4.78, 5) is 2.43. The number of hydrogen-bond acceptors (Lipinski definition) is 2. The average molecular weight is 157 g/mol. The predicted octanol–water partition coefficient (Wildman–Crippen LogP) is 1.10. The van der Waals surface area contributed by atoms with Gasteiger partial charge in [0.05, 0.1) is 6.10 Å². The van der Waals surface area contributed by atoms with Gasteiger partial charge in [-0.15, -0.1) is 0 Å². The summed E-state index contributed by atoms with van der Waals surface area (Å²) in [6, 6.07) is 0.638. The van der Waals surface area contributed by atoms with Crippen LogP contribution in [0.1, 0.15) is 27.2 Å². The molecule has 0 aliphatic carbocycles. The number of aliphatic hydroxyl groups excluding tert-OH is 1. The van der Waals surface area contributed by atoms with Gasteiger partial charge in [-0.2, -0.15) is 0 Å². The second kappa shape index (κ2) is 3.55. The number of likely N-dealkylation sites (tertiary alicyclic amines) is 1. The quantitative estimate of drug-likeness (QED) is 0.649. The Morgan fingerprint density at radius 2 is 2.00 bits per heavy atom. The molecule has 1 rings (SSSR count). The van der Waals surface area contributed by atoms with Crippen molar-refractivity contribution in [2.75, 3.05) is 13.1 Å². The van der Waals surface area contributed by atoms with Gasteiger partial charge in [0.1, 0.15) is 0 Å². The summed E-state index contributed by atoms with van der Waals surface area (Å²) in [7, 11) is 0. The fourth-order valence-electron chi connectivity index (χ4n) is 1.68. The van der Waals surface area contributed by atoms with Gasteiger partial charge in [-0.05, 0) is 39.7 Å². The van der Waals surface area contributed by atoms with Crippen LogP contribution in [0.4, 0.5) is 0 Å². The lowest BCUT2D eigenvalue weighted by Crippen LogP contribution is -2.29. The number of aliphatic hydroxyl groups is 1. The Bertz CT molecular complexity index is 109. The van der Waals surface area contributed by atoms with Crippen LogP contribution in [0.15, 0.2) is 0 Å². The van der Waals surface area contributed by atoms with Gasteiger partial charge in [0.25, 0.3) is 0 Å². The molecule has 0 radical (unpaired) electrons. The number of rotatable bonds is 2. The van der Waals surface area contributed by atoms with Crippen molar-refractivity contribution in [2.45, 2.75) is 39.3 Å². The van der Waals surface area contributed by atoms with E-state index in [9.17, 15) is 5.11 Å². The van der Waals surface area contributed by atoms with Crippen LogP contribution in [0.25, 0.3) is 0 Å². The Morgan fingerprint density at radius 3 is 2.27 bits per heavy atom. The monoisotopic (exact) mass is 157 g/mol. The Kier molecular flexibility index (Phi) is 2.90. The second-order valence-electron chi connectivity index (χ2n) is 3.88. The number of nitrogens with zero attached hydrogens (tertiary/aromatic N) is 1. The fraction of sp³-hybridized carbons (Fsp3) is 1.00. The molecule has 1 N–H and O–H groups in total. The smallest absolute Gasteiger partial charge is 0.0552 e. The van der Waals surface area contributed by atoms with E-state index in [1.165, 1.54) is 0 Å². The van der Waals surface area contributed by atoms with Gasteiger partial charge < -0.3 is 10.0 Å². The molecule has 0 amide bonds. The summed E-state index contributed by atoms with van der Waals surface area (Å²) >= 11 is 0. The van der Waals surface area contributed by atoms with E-state index in [4.69, 9.17) is 0 Å². The molecule has 1 aliphatic heterocycles.